The second kappa shape index (κ2) is 4.84. The van der Waals surface area contributed by atoms with Gasteiger partial charge in [-0.05, 0) is 12.5 Å². The minimum atomic E-state index is -0.892. The quantitative estimate of drug-likeness (QED) is 0.767. The van der Waals surface area contributed by atoms with Gasteiger partial charge in [0.05, 0.1) is 12.0 Å². The molecule has 0 radical (unpaired) electrons. The maximum absolute atomic E-state index is 11.6. The summed E-state index contributed by atoms with van der Waals surface area (Å²) >= 11 is 0. The molecule has 18 heavy (non-hydrogen) atoms. The smallest absolute Gasteiger partial charge is 0.337 e. The van der Waals surface area contributed by atoms with Crippen molar-refractivity contribution in [1.29, 1.82) is 0 Å². The third-order valence-electron chi connectivity index (χ3n) is 3.38. The van der Waals surface area contributed by atoms with E-state index in [2.05, 4.69) is 0 Å². The molecule has 0 aromatic heterocycles. The molecular weight excluding hydrogens is 228 g/mol. The SMILES string of the molecule is CC[C@]1([C@H](C)c2ccccc2)OC(=O)C=C(C)O1. The predicted octanol–water partition coefficient (Wildman–Crippen LogP) is 3.37. The minimum absolute atomic E-state index is 0.0173. The highest BCUT2D eigenvalue weighted by molar-refractivity contribution is 5.83. The van der Waals surface area contributed by atoms with Crippen LogP contribution in [-0.2, 0) is 14.3 Å². The van der Waals surface area contributed by atoms with Gasteiger partial charge >= 0.3 is 5.97 Å². The Labute approximate surface area is 107 Å². The lowest BCUT2D eigenvalue weighted by molar-refractivity contribution is -0.231. The largest absolute Gasteiger partial charge is 0.456 e. The number of hydrogen-bond donors (Lipinski definition) is 0. The van der Waals surface area contributed by atoms with E-state index in [1.807, 2.05) is 44.2 Å². The molecule has 1 aliphatic rings. The molecule has 0 unspecified atom stereocenters. The first-order chi connectivity index (χ1) is 8.57. The molecule has 1 aromatic rings. The van der Waals surface area contributed by atoms with Gasteiger partial charge in [-0.1, -0.05) is 44.2 Å². The molecule has 0 fully saturated rings. The summed E-state index contributed by atoms with van der Waals surface area (Å²) in [4.78, 5) is 11.6. The summed E-state index contributed by atoms with van der Waals surface area (Å²) in [7, 11) is 0. The fourth-order valence-electron chi connectivity index (χ4n) is 2.31. The number of hydrogen-bond acceptors (Lipinski definition) is 3. The summed E-state index contributed by atoms with van der Waals surface area (Å²) in [5, 5.41) is 0. The van der Waals surface area contributed by atoms with Gasteiger partial charge in [0, 0.05) is 6.42 Å². The van der Waals surface area contributed by atoms with E-state index in [0.717, 1.165) is 5.56 Å². The van der Waals surface area contributed by atoms with Crippen molar-refractivity contribution in [1.82, 2.24) is 0 Å². The third-order valence-corrected chi connectivity index (χ3v) is 3.38. The average Bonchev–Trinajstić information content (AvgIpc) is 2.37. The van der Waals surface area contributed by atoms with Crippen molar-refractivity contribution in [2.45, 2.75) is 38.9 Å². The van der Waals surface area contributed by atoms with E-state index in [-0.39, 0.29) is 11.9 Å². The van der Waals surface area contributed by atoms with Crippen LogP contribution in [0.15, 0.2) is 42.2 Å². The number of carbonyl (C=O) groups excluding carboxylic acids is 1. The van der Waals surface area contributed by atoms with Gasteiger partial charge in [0.1, 0.15) is 5.76 Å². The molecule has 2 rings (SSSR count). The molecule has 1 aromatic carbocycles. The van der Waals surface area contributed by atoms with E-state index in [0.29, 0.717) is 12.2 Å². The van der Waals surface area contributed by atoms with E-state index in [1.54, 1.807) is 6.92 Å². The molecule has 2 atom stereocenters. The molecule has 3 heteroatoms. The summed E-state index contributed by atoms with van der Waals surface area (Å²) in [5.41, 5.74) is 1.10. The van der Waals surface area contributed by atoms with Crippen LogP contribution in [0.5, 0.6) is 0 Å². The molecule has 1 heterocycles. The minimum Gasteiger partial charge on any atom is -0.456 e. The van der Waals surface area contributed by atoms with Gasteiger partial charge in [-0.3, -0.25) is 0 Å². The van der Waals surface area contributed by atoms with Crippen LogP contribution in [0.3, 0.4) is 0 Å². The van der Waals surface area contributed by atoms with Crippen LogP contribution < -0.4 is 0 Å². The van der Waals surface area contributed by atoms with Crippen molar-refractivity contribution < 1.29 is 14.3 Å². The number of benzene rings is 1. The first-order valence-electron chi connectivity index (χ1n) is 6.22. The zero-order valence-corrected chi connectivity index (χ0v) is 11.0. The fraction of sp³-hybridized carbons (Fsp3) is 0.400. The molecular formula is C15H18O3. The van der Waals surface area contributed by atoms with Crippen LogP contribution in [0.25, 0.3) is 0 Å². The Bertz CT molecular complexity index is 464. The highest BCUT2D eigenvalue weighted by Crippen LogP contribution is 2.39. The van der Waals surface area contributed by atoms with E-state index in [1.165, 1.54) is 6.08 Å². The van der Waals surface area contributed by atoms with Crippen LogP contribution in [0.2, 0.25) is 0 Å². The summed E-state index contributed by atoms with van der Waals surface area (Å²) in [6, 6.07) is 9.96. The fourth-order valence-corrected chi connectivity index (χ4v) is 2.31. The third kappa shape index (κ3) is 2.26. The van der Waals surface area contributed by atoms with Gasteiger partial charge in [0.25, 0.3) is 5.79 Å². The lowest BCUT2D eigenvalue weighted by Gasteiger charge is -2.40. The van der Waals surface area contributed by atoms with E-state index in [9.17, 15) is 4.79 Å². The van der Waals surface area contributed by atoms with E-state index >= 15 is 0 Å². The van der Waals surface area contributed by atoms with Gasteiger partial charge < -0.3 is 9.47 Å². The monoisotopic (exact) mass is 246 g/mol. The van der Waals surface area contributed by atoms with E-state index in [4.69, 9.17) is 9.47 Å². The number of ether oxygens (including phenoxy) is 2. The zero-order chi connectivity index (χ0) is 13.2. The van der Waals surface area contributed by atoms with Gasteiger partial charge in [0.2, 0.25) is 0 Å². The number of esters is 1. The van der Waals surface area contributed by atoms with Gasteiger partial charge in [-0.25, -0.2) is 4.79 Å². The van der Waals surface area contributed by atoms with Gasteiger partial charge in [0.15, 0.2) is 0 Å². The van der Waals surface area contributed by atoms with Gasteiger partial charge in [-0.2, -0.15) is 0 Å². The number of carbonyl (C=O) groups is 1. The van der Waals surface area contributed by atoms with Crippen LogP contribution in [0, 0.1) is 0 Å². The second-order valence-electron chi connectivity index (χ2n) is 4.58. The Hall–Kier alpha value is -1.77. The van der Waals surface area contributed by atoms with Crippen molar-refractivity contribution in [3.8, 4) is 0 Å². The lowest BCUT2D eigenvalue weighted by Crippen LogP contribution is -2.44. The standard InChI is InChI=1S/C15H18O3/c1-4-15(17-11(2)10-14(16)18-15)12(3)13-8-6-5-7-9-13/h5-10,12H,4H2,1-3H3/t12-,15-/m1/s1. The Morgan fingerprint density at radius 3 is 2.44 bits per heavy atom. The molecule has 0 bridgehead atoms. The van der Waals surface area contributed by atoms with E-state index < -0.39 is 5.79 Å². The van der Waals surface area contributed by atoms with Gasteiger partial charge in [-0.15, -0.1) is 0 Å². The van der Waals surface area contributed by atoms with Crippen molar-refractivity contribution in [2.75, 3.05) is 0 Å². The Morgan fingerprint density at radius 2 is 1.89 bits per heavy atom. The first kappa shape index (κ1) is 12.7. The highest BCUT2D eigenvalue weighted by Gasteiger charge is 2.43. The molecule has 3 nitrogen and oxygen atoms in total. The predicted molar refractivity (Wildman–Crippen MR) is 68.8 cm³/mol. The van der Waals surface area contributed by atoms with Crippen molar-refractivity contribution in [2.24, 2.45) is 0 Å². The van der Waals surface area contributed by atoms with Crippen LogP contribution in [-0.4, -0.2) is 11.8 Å². The van der Waals surface area contributed by atoms with Crippen LogP contribution in [0.4, 0.5) is 0 Å². The molecule has 0 saturated carbocycles. The highest BCUT2D eigenvalue weighted by atomic mass is 16.7. The number of cyclic esters (lactones) is 1. The topological polar surface area (TPSA) is 35.5 Å². The molecule has 96 valence electrons. The molecule has 0 saturated heterocycles. The Morgan fingerprint density at radius 1 is 1.22 bits per heavy atom. The normalized spacial score (nSPS) is 24.8. The maximum Gasteiger partial charge on any atom is 0.337 e. The van der Waals surface area contributed by atoms with Crippen molar-refractivity contribution >= 4 is 5.97 Å². The summed E-state index contributed by atoms with van der Waals surface area (Å²) in [6.07, 6.45) is 1.99. The number of rotatable bonds is 3. The Kier molecular flexibility index (Phi) is 3.41. The second-order valence-corrected chi connectivity index (χ2v) is 4.58. The summed E-state index contributed by atoms with van der Waals surface area (Å²) in [6.45, 7) is 5.76. The molecule has 1 aliphatic heterocycles. The molecule has 0 spiro atoms. The average molecular weight is 246 g/mol. The van der Waals surface area contributed by atoms with Crippen molar-refractivity contribution in [3.63, 3.8) is 0 Å². The summed E-state index contributed by atoms with van der Waals surface area (Å²) < 4.78 is 11.3. The van der Waals surface area contributed by atoms with Crippen LogP contribution >= 0.6 is 0 Å². The molecule has 0 N–H and O–H groups in total. The van der Waals surface area contributed by atoms with Crippen molar-refractivity contribution in [3.05, 3.63) is 47.7 Å². The summed E-state index contributed by atoms with van der Waals surface area (Å²) in [5.74, 6) is -0.632. The molecule has 0 aliphatic carbocycles. The maximum atomic E-state index is 11.6. The van der Waals surface area contributed by atoms with Crippen LogP contribution in [0.1, 0.15) is 38.7 Å². The number of allylic oxidation sites excluding steroid dienone is 1. The lowest BCUT2D eigenvalue weighted by atomic mass is 9.89. The first-order valence-corrected chi connectivity index (χ1v) is 6.22. The Balaban J connectivity index is 2.34. The molecule has 0 amide bonds. The zero-order valence-electron chi connectivity index (χ0n) is 11.0.